The van der Waals surface area contributed by atoms with Crippen LogP contribution in [0.5, 0.6) is 0 Å². The van der Waals surface area contributed by atoms with Crippen molar-refractivity contribution in [2.75, 3.05) is 0 Å². The van der Waals surface area contributed by atoms with Gasteiger partial charge in [0.15, 0.2) is 0 Å². The Hall–Kier alpha value is -1.57. The molecule has 0 radical (unpaired) electrons. The zero-order valence-corrected chi connectivity index (χ0v) is 10.4. The molecule has 84 valence electrons. The van der Waals surface area contributed by atoms with E-state index in [1.807, 2.05) is 6.33 Å². The Balaban J connectivity index is 2.39. The zero-order chi connectivity index (χ0) is 11.7. The Kier molecular flexibility index (Phi) is 2.82. The molecule has 0 unspecified atom stereocenters. The summed E-state index contributed by atoms with van der Waals surface area (Å²) < 4.78 is 2.09. The Morgan fingerprint density at radius 2 is 1.88 bits per heavy atom. The van der Waals surface area contributed by atoms with Gasteiger partial charge in [0.1, 0.15) is 0 Å². The number of rotatable bonds is 2. The second-order valence-electron chi connectivity index (χ2n) is 4.63. The van der Waals surface area contributed by atoms with Crippen LogP contribution in [0.25, 0.3) is 5.69 Å². The molecule has 0 spiro atoms. The lowest BCUT2D eigenvalue weighted by atomic mass is 10.1. The molecule has 16 heavy (non-hydrogen) atoms. The highest BCUT2D eigenvalue weighted by atomic mass is 15.0. The first kappa shape index (κ1) is 10.9. The second kappa shape index (κ2) is 4.12. The van der Waals surface area contributed by atoms with E-state index in [1.54, 1.807) is 0 Å². The van der Waals surface area contributed by atoms with E-state index in [0.717, 1.165) is 5.69 Å². The maximum Gasteiger partial charge on any atom is 0.0995 e. The third kappa shape index (κ3) is 2.01. The predicted octanol–water partition coefficient (Wildman–Crippen LogP) is 3.61. The van der Waals surface area contributed by atoms with Crippen LogP contribution >= 0.6 is 0 Å². The number of hydrogen-bond acceptors (Lipinski definition) is 1. The molecule has 2 heteroatoms. The van der Waals surface area contributed by atoms with E-state index >= 15 is 0 Å². The molecule has 0 atom stereocenters. The van der Waals surface area contributed by atoms with Crippen molar-refractivity contribution in [3.8, 4) is 5.69 Å². The smallest absolute Gasteiger partial charge is 0.0995 e. The summed E-state index contributed by atoms with van der Waals surface area (Å²) in [5.41, 5.74) is 4.96. The van der Waals surface area contributed by atoms with Gasteiger partial charge in [0, 0.05) is 11.9 Å². The summed E-state index contributed by atoms with van der Waals surface area (Å²) in [6.07, 6.45) is 3.99. The number of nitrogens with zero attached hydrogens (tertiary/aromatic N) is 2. The highest BCUT2D eigenvalue weighted by Crippen LogP contribution is 2.17. The lowest BCUT2D eigenvalue weighted by molar-refractivity contribution is 0.831. The van der Waals surface area contributed by atoms with Gasteiger partial charge < -0.3 is 4.57 Å². The topological polar surface area (TPSA) is 17.8 Å². The first-order chi connectivity index (χ1) is 7.58. The molecule has 0 amide bonds. The Morgan fingerprint density at radius 1 is 1.12 bits per heavy atom. The van der Waals surface area contributed by atoms with Crippen LogP contribution < -0.4 is 0 Å². The first-order valence-electron chi connectivity index (χ1n) is 5.69. The normalized spacial score (nSPS) is 11.1. The zero-order valence-electron chi connectivity index (χ0n) is 10.4. The fourth-order valence-electron chi connectivity index (χ4n) is 1.66. The molecule has 0 saturated heterocycles. The Labute approximate surface area is 97.0 Å². The van der Waals surface area contributed by atoms with Gasteiger partial charge in [-0.25, -0.2) is 4.98 Å². The molecule has 1 aromatic carbocycles. The van der Waals surface area contributed by atoms with Crippen LogP contribution in [0.2, 0.25) is 0 Å². The van der Waals surface area contributed by atoms with E-state index in [4.69, 9.17) is 0 Å². The van der Waals surface area contributed by atoms with Crippen LogP contribution in [0, 0.1) is 13.8 Å². The van der Waals surface area contributed by atoms with Crippen molar-refractivity contribution < 1.29 is 0 Å². The number of benzene rings is 1. The summed E-state index contributed by atoms with van der Waals surface area (Å²) in [4.78, 5) is 4.41. The maximum absolute atomic E-state index is 4.41. The number of hydrogen-bond donors (Lipinski definition) is 0. The molecular formula is C14H18N2. The van der Waals surface area contributed by atoms with Crippen LogP contribution in [0.4, 0.5) is 0 Å². The van der Waals surface area contributed by atoms with Gasteiger partial charge in [-0.05, 0) is 43.0 Å². The van der Waals surface area contributed by atoms with Gasteiger partial charge in [-0.2, -0.15) is 0 Å². The number of aryl methyl sites for hydroxylation is 2. The number of imidazole rings is 1. The lowest BCUT2D eigenvalue weighted by Gasteiger charge is -2.05. The minimum absolute atomic E-state index is 0.479. The SMILES string of the molecule is Cc1ccc(-n2cnc(C(C)C)c2)cc1C. The van der Waals surface area contributed by atoms with Gasteiger partial charge >= 0.3 is 0 Å². The molecule has 2 aromatic rings. The highest BCUT2D eigenvalue weighted by molar-refractivity contribution is 5.39. The van der Waals surface area contributed by atoms with E-state index in [-0.39, 0.29) is 0 Å². The fraction of sp³-hybridized carbons (Fsp3) is 0.357. The fourth-order valence-corrected chi connectivity index (χ4v) is 1.66. The van der Waals surface area contributed by atoms with Crippen molar-refractivity contribution >= 4 is 0 Å². The Morgan fingerprint density at radius 3 is 2.44 bits per heavy atom. The number of aromatic nitrogens is 2. The van der Waals surface area contributed by atoms with Crippen LogP contribution in [0.3, 0.4) is 0 Å². The van der Waals surface area contributed by atoms with Crippen LogP contribution in [-0.4, -0.2) is 9.55 Å². The standard InChI is InChI=1S/C14H18N2/c1-10(2)14-8-16(9-15-14)13-6-5-11(3)12(4)7-13/h5-10H,1-4H3. The van der Waals surface area contributed by atoms with Gasteiger partial charge in [-0.1, -0.05) is 19.9 Å². The minimum Gasteiger partial charge on any atom is -0.306 e. The summed E-state index contributed by atoms with van der Waals surface area (Å²) in [7, 11) is 0. The average molecular weight is 214 g/mol. The molecule has 0 N–H and O–H groups in total. The molecule has 2 rings (SSSR count). The van der Waals surface area contributed by atoms with E-state index in [1.165, 1.54) is 16.8 Å². The van der Waals surface area contributed by atoms with Crippen LogP contribution in [0.1, 0.15) is 36.6 Å². The Bertz CT molecular complexity index is 495. The van der Waals surface area contributed by atoms with Crippen LogP contribution in [-0.2, 0) is 0 Å². The van der Waals surface area contributed by atoms with Crippen molar-refractivity contribution in [2.45, 2.75) is 33.6 Å². The monoisotopic (exact) mass is 214 g/mol. The van der Waals surface area contributed by atoms with Gasteiger partial charge in [0.05, 0.1) is 12.0 Å². The van der Waals surface area contributed by atoms with Crippen molar-refractivity contribution in [2.24, 2.45) is 0 Å². The summed E-state index contributed by atoms with van der Waals surface area (Å²) in [6, 6.07) is 6.48. The maximum atomic E-state index is 4.41. The van der Waals surface area contributed by atoms with Gasteiger partial charge in [0.25, 0.3) is 0 Å². The molecule has 0 aliphatic carbocycles. The van der Waals surface area contributed by atoms with Crippen LogP contribution in [0.15, 0.2) is 30.7 Å². The van der Waals surface area contributed by atoms with Crippen molar-refractivity contribution in [3.63, 3.8) is 0 Å². The van der Waals surface area contributed by atoms with Crippen molar-refractivity contribution in [3.05, 3.63) is 47.5 Å². The van der Waals surface area contributed by atoms with Gasteiger partial charge in [-0.3, -0.25) is 0 Å². The van der Waals surface area contributed by atoms with E-state index < -0.39 is 0 Å². The third-order valence-electron chi connectivity index (χ3n) is 2.98. The van der Waals surface area contributed by atoms with E-state index in [0.29, 0.717) is 5.92 Å². The van der Waals surface area contributed by atoms with Crippen molar-refractivity contribution in [1.29, 1.82) is 0 Å². The molecule has 1 aromatic heterocycles. The molecule has 0 aliphatic rings. The quantitative estimate of drug-likeness (QED) is 0.746. The molecule has 0 bridgehead atoms. The molecule has 0 aliphatic heterocycles. The molecular weight excluding hydrogens is 196 g/mol. The van der Waals surface area contributed by atoms with Crippen molar-refractivity contribution in [1.82, 2.24) is 9.55 Å². The molecule has 2 nitrogen and oxygen atoms in total. The van der Waals surface area contributed by atoms with Gasteiger partial charge in [-0.15, -0.1) is 0 Å². The van der Waals surface area contributed by atoms with E-state index in [9.17, 15) is 0 Å². The average Bonchev–Trinajstić information content (AvgIpc) is 2.71. The largest absolute Gasteiger partial charge is 0.306 e. The molecule has 1 heterocycles. The molecule has 0 saturated carbocycles. The minimum atomic E-state index is 0.479. The summed E-state index contributed by atoms with van der Waals surface area (Å²) in [5, 5.41) is 0. The third-order valence-corrected chi connectivity index (χ3v) is 2.98. The summed E-state index contributed by atoms with van der Waals surface area (Å²) >= 11 is 0. The lowest BCUT2D eigenvalue weighted by Crippen LogP contribution is -1.92. The first-order valence-corrected chi connectivity index (χ1v) is 5.69. The van der Waals surface area contributed by atoms with Gasteiger partial charge in [0.2, 0.25) is 0 Å². The highest BCUT2D eigenvalue weighted by Gasteiger charge is 2.04. The predicted molar refractivity (Wildman–Crippen MR) is 67.1 cm³/mol. The van der Waals surface area contributed by atoms with E-state index in [2.05, 4.69) is 61.6 Å². The molecule has 0 fully saturated rings. The second-order valence-corrected chi connectivity index (χ2v) is 4.63. The summed E-state index contributed by atoms with van der Waals surface area (Å²) in [5.74, 6) is 0.479. The summed E-state index contributed by atoms with van der Waals surface area (Å²) in [6.45, 7) is 8.59.